The summed E-state index contributed by atoms with van der Waals surface area (Å²) in [6.45, 7) is 6.37. The van der Waals surface area contributed by atoms with Crippen molar-refractivity contribution < 1.29 is 4.52 Å². The van der Waals surface area contributed by atoms with E-state index < -0.39 is 0 Å². The van der Waals surface area contributed by atoms with Crippen molar-refractivity contribution in [1.29, 1.82) is 0 Å². The van der Waals surface area contributed by atoms with Crippen LogP contribution in [-0.2, 0) is 6.54 Å². The van der Waals surface area contributed by atoms with Crippen LogP contribution < -0.4 is 4.90 Å². The highest BCUT2D eigenvalue weighted by Gasteiger charge is 2.21. The maximum Gasteiger partial charge on any atom is 0.241 e. The molecule has 1 fully saturated rings. The Morgan fingerprint density at radius 1 is 0.931 bits per heavy atom. The number of aromatic nitrogens is 4. The molecule has 0 saturated carbocycles. The summed E-state index contributed by atoms with van der Waals surface area (Å²) in [6, 6.07) is 16.3. The van der Waals surface area contributed by atoms with E-state index in [4.69, 9.17) is 4.52 Å². The zero-order valence-corrected chi connectivity index (χ0v) is 16.3. The Labute approximate surface area is 169 Å². The standard InChI is InChI=1S/C22H22N6O/c1-16-6-8-17(9-7-16)21-25-20(29-26-21)14-27-10-12-28(13-11-27)22-18-4-2-3-5-19(18)23-15-24-22/h2-9,15H,10-14H2,1H3. The van der Waals surface area contributed by atoms with E-state index in [0.29, 0.717) is 18.3 Å². The van der Waals surface area contributed by atoms with Crippen LogP contribution >= 0.6 is 0 Å². The molecule has 0 atom stereocenters. The highest BCUT2D eigenvalue weighted by Crippen LogP contribution is 2.24. The molecule has 7 nitrogen and oxygen atoms in total. The lowest BCUT2D eigenvalue weighted by Crippen LogP contribution is -2.46. The van der Waals surface area contributed by atoms with E-state index in [2.05, 4.69) is 55.0 Å². The van der Waals surface area contributed by atoms with Gasteiger partial charge < -0.3 is 9.42 Å². The van der Waals surface area contributed by atoms with E-state index in [9.17, 15) is 0 Å². The fourth-order valence-electron chi connectivity index (χ4n) is 3.69. The Balaban J connectivity index is 1.24. The van der Waals surface area contributed by atoms with Crippen molar-refractivity contribution in [2.45, 2.75) is 13.5 Å². The summed E-state index contributed by atoms with van der Waals surface area (Å²) in [6.07, 6.45) is 1.65. The molecular weight excluding hydrogens is 364 g/mol. The third-order valence-corrected chi connectivity index (χ3v) is 5.33. The smallest absolute Gasteiger partial charge is 0.241 e. The van der Waals surface area contributed by atoms with Gasteiger partial charge in [-0.25, -0.2) is 9.97 Å². The molecule has 0 aliphatic carbocycles. The number of anilines is 1. The first-order chi connectivity index (χ1) is 14.3. The summed E-state index contributed by atoms with van der Waals surface area (Å²) in [5.41, 5.74) is 3.17. The quantitative estimate of drug-likeness (QED) is 0.533. The van der Waals surface area contributed by atoms with Crippen LogP contribution in [0.2, 0.25) is 0 Å². The lowest BCUT2D eigenvalue weighted by atomic mass is 10.1. The van der Waals surface area contributed by atoms with Gasteiger partial charge in [-0.15, -0.1) is 0 Å². The SMILES string of the molecule is Cc1ccc(-c2noc(CN3CCN(c4ncnc5ccccc45)CC3)n2)cc1. The van der Waals surface area contributed by atoms with Crippen LogP contribution in [0.15, 0.2) is 59.4 Å². The van der Waals surface area contributed by atoms with Crippen LogP contribution in [0, 0.1) is 6.92 Å². The van der Waals surface area contributed by atoms with Gasteiger partial charge in [0.1, 0.15) is 12.1 Å². The lowest BCUT2D eigenvalue weighted by Gasteiger charge is -2.35. The molecule has 1 aliphatic heterocycles. The minimum absolute atomic E-state index is 0.645. The van der Waals surface area contributed by atoms with E-state index in [0.717, 1.165) is 48.5 Å². The third-order valence-electron chi connectivity index (χ3n) is 5.33. The van der Waals surface area contributed by atoms with Crippen LogP contribution in [0.3, 0.4) is 0 Å². The second-order valence-electron chi connectivity index (χ2n) is 7.36. The summed E-state index contributed by atoms with van der Waals surface area (Å²) in [5.74, 6) is 2.31. The van der Waals surface area contributed by atoms with E-state index in [1.165, 1.54) is 5.56 Å². The van der Waals surface area contributed by atoms with E-state index in [1.807, 2.05) is 30.3 Å². The first kappa shape index (κ1) is 17.8. The minimum Gasteiger partial charge on any atom is -0.353 e. The highest BCUT2D eigenvalue weighted by molar-refractivity contribution is 5.89. The van der Waals surface area contributed by atoms with Gasteiger partial charge in [0.2, 0.25) is 11.7 Å². The fraction of sp³-hybridized carbons (Fsp3) is 0.273. The topological polar surface area (TPSA) is 71.2 Å². The zero-order chi connectivity index (χ0) is 19.6. The van der Waals surface area contributed by atoms with Gasteiger partial charge in [-0.2, -0.15) is 4.98 Å². The Bertz CT molecular complexity index is 1110. The van der Waals surface area contributed by atoms with E-state index in [1.54, 1.807) is 6.33 Å². The fourth-order valence-corrected chi connectivity index (χ4v) is 3.69. The molecule has 4 aromatic rings. The number of benzene rings is 2. The third kappa shape index (κ3) is 3.69. The molecule has 5 rings (SSSR count). The normalized spacial score (nSPS) is 15.1. The molecule has 29 heavy (non-hydrogen) atoms. The average Bonchev–Trinajstić information content (AvgIpc) is 3.23. The van der Waals surface area contributed by atoms with Gasteiger partial charge in [-0.3, -0.25) is 4.90 Å². The van der Waals surface area contributed by atoms with Gasteiger partial charge in [0.15, 0.2) is 0 Å². The maximum absolute atomic E-state index is 5.48. The predicted octanol–water partition coefficient (Wildman–Crippen LogP) is 3.31. The highest BCUT2D eigenvalue weighted by atomic mass is 16.5. The van der Waals surface area contributed by atoms with E-state index >= 15 is 0 Å². The number of hydrogen-bond donors (Lipinski definition) is 0. The first-order valence-corrected chi connectivity index (χ1v) is 9.83. The second kappa shape index (κ2) is 7.60. The first-order valence-electron chi connectivity index (χ1n) is 9.83. The molecule has 0 bridgehead atoms. The van der Waals surface area contributed by atoms with Crippen molar-refractivity contribution in [1.82, 2.24) is 25.0 Å². The van der Waals surface area contributed by atoms with Crippen molar-refractivity contribution >= 4 is 16.7 Å². The average molecular weight is 386 g/mol. The number of aryl methyl sites for hydroxylation is 1. The van der Waals surface area contributed by atoms with Crippen LogP contribution in [0.1, 0.15) is 11.5 Å². The largest absolute Gasteiger partial charge is 0.353 e. The molecule has 1 aliphatic rings. The lowest BCUT2D eigenvalue weighted by molar-refractivity contribution is 0.215. The Morgan fingerprint density at radius 3 is 2.55 bits per heavy atom. The van der Waals surface area contributed by atoms with Crippen molar-refractivity contribution in [3.8, 4) is 11.4 Å². The summed E-state index contributed by atoms with van der Waals surface area (Å²) < 4.78 is 5.48. The number of hydrogen-bond acceptors (Lipinski definition) is 7. The molecule has 2 aromatic carbocycles. The Kier molecular flexibility index (Phi) is 4.65. The number of nitrogens with zero attached hydrogens (tertiary/aromatic N) is 6. The summed E-state index contributed by atoms with van der Waals surface area (Å²) in [4.78, 5) is 18.1. The van der Waals surface area contributed by atoms with Gasteiger partial charge in [0, 0.05) is 37.1 Å². The molecule has 0 N–H and O–H groups in total. The maximum atomic E-state index is 5.48. The van der Waals surface area contributed by atoms with Gasteiger partial charge >= 0.3 is 0 Å². The Morgan fingerprint density at radius 2 is 1.72 bits per heavy atom. The van der Waals surface area contributed by atoms with Gasteiger partial charge in [-0.1, -0.05) is 47.1 Å². The number of fused-ring (bicyclic) bond motifs is 1. The van der Waals surface area contributed by atoms with Crippen LogP contribution in [0.4, 0.5) is 5.82 Å². The van der Waals surface area contributed by atoms with Crippen LogP contribution in [0.25, 0.3) is 22.3 Å². The molecule has 1 saturated heterocycles. The van der Waals surface area contributed by atoms with Crippen molar-refractivity contribution in [2.75, 3.05) is 31.1 Å². The van der Waals surface area contributed by atoms with Crippen molar-refractivity contribution in [3.63, 3.8) is 0 Å². The van der Waals surface area contributed by atoms with Gasteiger partial charge in [0.05, 0.1) is 12.1 Å². The van der Waals surface area contributed by atoms with Gasteiger partial charge in [0.25, 0.3) is 0 Å². The molecule has 0 amide bonds. The number of piperazine rings is 1. The molecule has 0 radical (unpaired) electrons. The molecule has 146 valence electrons. The minimum atomic E-state index is 0.645. The molecular formula is C22H22N6O. The molecule has 3 heterocycles. The van der Waals surface area contributed by atoms with Crippen molar-refractivity contribution in [3.05, 3.63) is 66.3 Å². The summed E-state index contributed by atoms with van der Waals surface area (Å²) in [7, 11) is 0. The van der Waals surface area contributed by atoms with E-state index in [-0.39, 0.29) is 0 Å². The van der Waals surface area contributed by atoms with Gasteiger partial charge in [-0.05, 0) is 19.1 Å². The predicted molar refractivity (Wildman–Crippen MR) is 111 cm³/mol. The molecule has 0 unspecified atom stereocenters. The molecule has 7 heteroatoms. The summed E-state index contributed by atoms with van der Waals surface area (Å²) in [5, 5.41) is 5.24. The number of rotatable bonds is 4. The monoisotopic (exact) mass is 386 g/mol. The van der Waals surface area contributed by atoms with Crippen LogP contribution in [0.5, 0.6) is 0 Å². The molecule has 0 spiro atoms. The summed E-state index contributed by atoms with van der Waals surface area (Å²) >= 11 is 0. The van der Waals surface area contributed by atoms with Crippen molar-refractivity contribution in [2.24, 2.45) is 0 Å². The zero-order valence-electron chi connectivity index (χ0n) is 16.3. The second-order valence-corrected chi connectivity index (χ2v) is 7.36. The molecule has 2 aromatic heterocycles. The Hall–Kier alpha value is -3.32. The number of para-hydroxylation sites is 1. The van der Waals surface area contributed by atoms with Crippen LogP contribution in [-0.4, -0.2) is 51.2 Å².